The minimum Gasteiger partial charge on any atom is -0.312 e. The average Bonchev–Trinajstić information content (AvgIpc) is 3.19. The fourth-order valence-corrected chi connectivity index (χ4v) is 4.18. The van der Waals surface area contributed by atoms with Crippen LogP contribution in [0.25, 0.3) is 0 Å². The summed E-state index contributed by atoms with van der Waals surface area (Å²) in [5.41, 5.74) is 4.16. The lowest BCUT2D eigenvalue weighted by molar-refractivity contribution is 0.0996. The van der Waals surface area contributed by atoms with E-state index in [1.807, 2.05) is 49.7 Å². The molecule has 1 aliphatic rings. The van der Waals surface area contributed by atoms with E-state index in [2.05, 4.69) is 10.2 Å². The quantitative estimate of drug-likeness (QED) is 0.632. The van der Waals surface area contributed by atoms with Crippen LogP contribution in [0.1, 0.15) is 39.2 Å². The second-order valence-corrected chi connectivity index (χ2v) is 8.03. The molecule has 0 unspecified atom stereocenters. The van der Waals surface area contributed by atoms with Gasteiger partial charge >= 0.3 is 0 Å². The maximum atomic E-state index is 14.4. The molecule has 1 aliphatic heterocycles. The van der Waals surface area contributed by atoms with Crippen LogP contribution in [-0.2, 0) is 13.6 Å². The fraction of sp³-hybridized carbons (Fsp3) is 0.250. The molecule has 0 spiro atoms. The van der Waals surface area contributed by atoms with Crippen LogP contribution in [0.2, 0.25) is 0 Å². The Morgan fingerprint density at radius 3 is 2.78 bits per heavy atom. The number of hydrogen-bond donors (Lipinski definition) is 0. The number of anilines is 1. The molecule has 4 rings (SSSR count). The monoisotopic (exact) mass is 382 g/mol. The van der Waals surface area contributed by atoms with Gasteiger partial charge in [0.1, 0.15) is 12.1 Å². The largest absolute Gasteiger partial charge is 0.312 e. The van der Waals surface area contributed by atoms with Crippen molar-refractivity contribution >= 4 is 23.4 Å². The maximum Gasteiger partial charge on any atom is 0.258 e. The molecule has 0 bridgehead atoms. The van der Waals surface area contributed by atoms with Gasteiger partial charge in [0.2, 0.25) is 0 Å². The number of thioether (sulfide) groups is 1. The van der Waals surface area contributed by atoms with Crippen molar-refractivity contribution in [2.24, 2.45) is 7.05 Å². The predicted molar refractivity (Wildman–Crippen MR) is 103 cm³/mol. The highest BCUT2D eigenvalue weighted by Gasteiger charge is 2.30. The first-order valence-corrected chi connectivity index (χ1v) is 9.53. The number of rotatable bonds is 4. The number of nitrogens with zero attached hydrogens (tertiary/aromatic N) is 4. The van der Waals surface area contributed by atoms with Crippen LogP contribution in [0, 0.1) is 12.7 Å². The Morgan fingerprint density at radius 2 is 2.07 bits per heavy atom. The third-order valence-electron chi connectivity index (χ3n) is 4.84. The predicted octanol–water partition coefficient (Wildman–Crippen LogP) is 4.28. The molecule has 0 saturated heterocycles. The maximum absolute atomic E-state index is 14.4. The van der Waals surface area contributed by atoms with Gasteiger partial charge in [-0.15, -0.1) is 10.2 Å². The summed E-state index contributed by atoms with van der Waals surface area (Å²) in [5.74, 6) is -0.438. The molecule has 7 heteroatoms. The van der Waals surface area contributed by atoms with Crippen LogP contribution in [0.4, 0.5) is 10.1 Å². The molecule has 0 saturated carbocycles. The standard InChI is InChI=1S/C20H19FN4OS/c1-12-5-4-6-17-18(12)10-25(19(17)26)16-8-14(7-15(21)9-16)13(2)27-20-23-22-11-24(20)3/h4-9,11,13H,10H2,1-3H3/t13-/m1/s1. The minimum absolute atomic E-state index is 0.0378. The number of amides is 1. The summed E-state index contributed by atoms with van der Waals surface area (Å²) in [6.45, 7) is 4.45. The van der Waals surface area contributed by atoms with E-state index in [-0.39, 0.29) is 17.0 Å². The zero-order valence-corrected chi connectivity index (χ0v) is 16.1. The van der Waals surface area contributed by atoms with Crippen molar-refractivity contribution in [2.75, 3.05) is 4.90 Å². The lowest BCUT2D eigenvalue weighted by atomic mass is 10.1. The van der Waals surface area contributed by atoms with Crippen LogP contribution in [0.15, 0.2) is 47.9 Å². The third-order valence-corrected chi connectivity index (χ3v) is 6.05. The summed E-state index contributed by atoms with van der Waals surface area (Å²) in [5, 5.41) is 8.66. The van der Waals surface area contributed by atoms with E-state index in [0.717, 1.165) is 21.8 Å². The van der Waals surface area contributed by atoms with E-state index >= 15 is 0 Å². The zero-order chi connectivity index (χ0) is 19.1. The Kier molecular flexibility index (Phi) is 4.47. The number of halogens is 1. The minimum atomic E-state index is -0.353. The van der Waals surface area contributed by atoms with E-state index in [1.165, 1.54) is 23.9 Å². The van der Waals surface area contributed by atoms with Gasteiger partial charge in [0.05, 0.1) is 6.54 Å². The van der Waals surface area contributed by atoms with Crippen molar-refractivity contribution in [3.8, 4) is 0 Å². The molecule has 1 aromatic heterocycles. The van der Waals surface area contributed by atoms with Gasteiger partial charge in [0.25, 0.3) is 5.91 Å². The van der Waals surface area contributed by atoms with Gasteiger partial charge in [-0.1, -0.05) is 23.9 Å². The Morgan fingerprint density at radius 1 is 1.26 bits per heavy atom. The van der Waals surface area contributed by atoms with Crippen molar-refractivity contribution in [1.29, 1.82) is 0 Å². The van der Waals surface area contributed by atoms with E-state index in [1.54, 1.807) is 11.2 Å². The summed E-state index contributed by atoms with van der Waals surface area (Å²) < 4.78 is 16.2. The van der Waals surface area contributed by atoms with Crippen LogP contribution < -0.4 is 4.90 Å². The Hall–Kier alpha value is -2.67. The molecule has 0 radical (unpaired) electrons. The molecule has 3 aromatic rings. The SMILES string of the molecule is Cc1cccc2c1CN(c1cc(F)cc([C@@H](C)Sc3nncn3C)c1)C2=O. The topological polar surface area (TPSA) is 51.0 Å². The van der Waals surface area contributed by atoms with Gasteiger partial charge in [-0.05, 0) is 54.8 Å². The molecule has 5 nitrogen and oxygen atoms in total. The molecular formula is C20H19FN4OS. The summed E-state index contributed by atoms with van der Waals surface area (Å²) >= 11 is 1.50. The molecule has 138 valence electrons. The first-order chi connectivity index (χ1) is 12.9. The van der Waals surface area contributed by atoms with Crippen LogP contribution >= 0.6 is 11.8 Å². The van der Waals surface area contributed by atoms with Gasteiger partial charge in [-0.25, -0.2) is 4.39 Å². The fourth-order valence-electron chi connectivity index (χ4n) is 3.29. The summed E-state index contributed by atoms with van der Waals surface area (Å²) in [4.78, 5) is 14.5. The molecular weight excluding hydrogens is 363 g/mol. The molecule has 27 heavy (non-hydrogen) atoms. The Labute approximate surface area is 161 Å². The van der Waals surface area contributed by atoms with Crippen molar-refractivity contribution in [2.45, 2.75) is 30.8 Å². The number of carbonyl (C=O) groups excluding carboxylic acids is 1. The summed E-state index contributed by atoms with van der Waals surface area (Å²) in [6, 6.07) is 10.5. The van der Waals surface area contributed by atoms with Crippen LogP contribution in [0.3, 0.4) is 0 Å². The molecule has 0 fully saturated rings. The number of aryl methyl sites for hydroxylation is 2. The van der Waals surface area contributed by atoms with Crippen molar-refractivity contribution < 1.29 is 9.18 Å². The number of aromatic nitrogens is 3. The number of fused-ring (bicyclic) bond motifs is 1. The first-order valence-electron chi connectivity index (χ1n) is 8.65. The van der Waals surface area contributed by atoms with E-state index < -0.39 is 0 Å². The average molecular weight is 382 g/mol. The van der Waals surface area contributed by atoms with Gasteiger partial charge in [-0.3, -0.25) is 4.79 Å². The summed E-state index contributed by atoms with van der Waals surface area (Å²) in [6.07, 6.45) is 1.63. The van der Waals surface area contributed by atoms with Crippen molar-refractivity contribution in [3.63, 3.8) is 0 Å². The van der Waals surface area contributed by atoms with Gasteiger partial charge < -0.3 is 9.47 Å². The van der Waals surface area contributed by atoms with E-state index in [4.69, 9.17) is 0 Å². The molecule has 0 N–H and O–H groups in total. The van der Waals surface area contributed by atoms with Crippen LogP contribution in [-0.4, -0.2) is 20.7 Å². The molecule has 2 heterocycles. The highest BCUT2D eigenvalue weighted by molar-refractivity contribution is 7.99. The van der Waals surface area contributed by atoms with Gasteiger partial charge in [-0.2, -0.15) is 0 Å². The zero-order valence-electron chi connectivity index (χ0n) is 15.3. The lowest BCUT2D eigenvalue weighted by Gasteiger charge is -2.19. The van der Waals surface area contributed by atoms with Gasteiger partial charge in [0.15, 0.2) is 5.16 Å². The third kappa shape index (κ3) is 3.23. The Balaban J connectivity index is 1.65. The van der Waals surface area contributed by atoms with Crippen LogP contribution in [0.5, 0.6) is 0 Å². The second-order valence-electron chi connectivity index (χ2n) is 6.72. The number of benzene rings is 2. The lowest BCUT2D eigenvalue weighted by Crippen LogP contribution is -2.23. The van der Waals surface area contributed by atoms with E-state index in [9.17, 15) is 9.18 Å². The van der Waals surface area contributed by atoms with Crippen molar-refractivity contribution in [3.05, 3.63) is 70.8 Å². The summed E-state index contributed by atoms with van der Waals surface area (Å²) in [7, 11) is 1.87. The van der Waals surface area contributed by atoms with E-state index in [0.29, 0.717) is 17.8 Å². The number of carbonyl (C=O) groups is 1. The molecule has 0 aliphatic carbocycles. The molecule has 1 amide bonds. The molecule has 2 aromatic carbocycles. The highest BCUT2D eigenvalue weighted by Crippen LogP contribution is 2.37. The van der Waals surface area contributed by atoms with Gasteiger partial charge in [0, 0.05) is 23.5 Å². The van der Waals surface area contributed by atoms with Crippen molar-refractivity contribution in [1.82, 2.24) is 14.8 Å². The normalized spacial score (nSPS) is 14.5. The Bertz CT molecular complexity index is 1030. The smallest absolute Gasteiger partial charge is 0.258 e. The molecule has 1 atom stereocenters. The second kappa shape index (κ2) is 6.81. The number of hydrogen-bond acceptors (Lipinski definition) is 4. The first kappa shape index (κ1) is 17.7. The highest BCUT2D eigenvalue weighted by atomic mass is 32.2.